The second-order valence-electron chi connectivity index (χ2n) is 7.15. The van der Waals surface area contributed by atoms with Gasteiger partial charge in [0.2, 0.25) is 5.91 Å². The van der Waals surface area contributed by atoms with Crippen LogP contribution in [0.5, 0.6) is 5.75 Å². The van der Waals surface area contributed by atoms with Crippen molar-refractivity contribution in [3.05, 3.63) is 29.8 Å². The van der Waals surface area contributed by atoms with Crippen molar-refractivity contribution in [3.8, 4) is 5.75 Å². The summed E-state index contributed by atoms with van der Waals surface area (Å²) in [6, 6.07) is 7.97. The Hall–Kier alpha value is -1.59. The average molecular weight is 334 g/mol. The van der Waals surface area contributed by atoms with E-state index in [-0.39, 0.29) is 17.9 Å². The van der Waals surface area contributed by atoms with E-state index in [2.05, 4.69) is 17.1 Å². The van der Waals surface area contributed by atoms with Crippen LogP contribution in [0, 0.1) is 12.3 Å². The van der Waals surface area contributed by atoms with Gasteiger partial charge in [0.1, 0.15) is 5.75 Å². The lowest BCUT2D eigenvalue weighted by molar-refractivity contribution is -0.123. The van der Waals surface area contributed by atoms with Crippen molar-refractivity contribution in [1.82, 2.24) is 10.2 Å². The molecule has 0 saturated carbocycles. The predicted octanol–water partition coefficient (Wildman–Crippen LogP) is 1.97. The van der Waals surface area contributed by atoms with Crippen molar-refractivity contribution in [2.75, 3.05) is 39.4 Å². The molecule has 1 aliphatic heterocycles. The van der Waals surface area contributed by atoms with Gasteiger partial charge in [-0.2, -0.15) is 0 Å². The molecule has 5 heteroatoms. The Morgan fingerprint density at radius 3 is 3.04 bits per heavy atom. The van der Waals surface area contributed by atoms with Crippen molar-refractivity contribution in [1.29, 1.82) is 0 Å². The van der Waals surface area contributed by atoms with Gasteiger partial charge < -0.3 is 15.2 Å². The molecule has 1 unspecified atom stereocenters. The number of amides is 1. The van der Waals surface area contributed by atoms with E-state index in [4.69, 9.17) is 4.74 Å². The summed E-state index contributed by atoms with van der Waals surface area (Å²) in [5.74, 6) is 0.922. The zero-order valence-corrected chi connectivity index (χ0v) is 14.9. The third kappa shape index (κ3) is 6.13. The molecule has 134 valence electrons. The number of aryl methyl sites for hydroxylation is 1. The lowest BCUT2D eigenvalue weighted by atomic mass is 9.83. The molecule has 1 heterocycles. The number of aliphatic hydroxyl groups excluding tert-OH is 1. The number of likely N-dealkylation sites (tertiary alicyclic amines) is 1. The summed E-state index contributed by atoms with van der Waals surface area (Å²) in [5, 5.41) is 12.4. The minimum Gasteiger partial charge on any atom is -0.494 e. The topological polar surface area (TPSA) is 61.8 Å². The zero-order valence-electron chi connectivity index (χ0n) is 14.9. The highest BCUT2D eigenvalue weighted by molar-refractivity contribution is 5.77. The summed E-state index contributed by atoms with van der Waals surface area (Å²) in [6.07, 6.45) is 2.85. The van der Waals surface area contributed by atoms with Crippen molar-refractivity contribution in [2.24, 2.45) is 5.41 Å². The quantitative estimate of drug-likeness (QED) is 0.714. The number of piperidine rings is 1. The van der Waals surface area contributed by atoms with Crippen LogP contribution in [0.1, 0.15) is 31.7 Å². The number of hydrogen-bond donors (Lipinski definition) is 2. The maximum atomic E-state index is 12.0. The molecule has 1 saturated heterocycles. The van der Waals surface area contributed by atoms with E-state index in [1.807, 2.05) is 31.2 Å². The van der Waals surface area contributed by atoms with E-state index in [1.165, 1.54) is 5.56 Å². The minimum absolute atomic E-state index is 0.0488. The lowest BCUT2D eigenvalue weighted by Gasteiger charge is -2.38. The Morgan fingerprint density at radius 1 is 1.46 bits per heavy atom. The number of carbonyl (C=O) groups excluding carboxylic acids is 1. The fourth-order valence-electron chi connectivity index (χ4n) is 3.15. The highest BCUT2D eigenvalue weighted by Crippen LogP contribution is 2.28. The number of nitrogens with zero attached hydrogens (tertiary/aromatic N) is 1. The monoisotopic (exact) mass is 334 g/mol. The van der Waals surface area contributed by atoms with Gasteiger partial charge in [-0.1, -0.05) is 19.1 Å². The molecule has 0 bridgehead atoms. The van der Waals surface area contributed by atoms with Gasteiger partial charge in [0.25, 0.3) is 0 Å². The highest BCUT2D eigenvalue weighted by atomic mass is 16.5. The number of ether oxygens (including phenoxy) is 1. The zero-order chi connectivity index (χ0) is 17.4. The minimum atomic E-state index is -0.0693. The number of rotatable bonds is 8. The van der Waals surface area contributed by atoms with Crippen LogP contribution in [-0.4, -0.2) is 55.3 Å². The SMILES string of the molecule is Cc1cccc(OCCCNC(=O)CN2CCCC(C)(CO)C2)c1. The maximum absolute atomic E-state index is 12.0. The first-order valence-electron chi connectivity index (χ1n) is 8.80. The summed E-state index contributed by atoms with van der Waals surface area (Å²) in [4.78, 5) is 14.2. The van der Waals surface area contributed by atoms with Crippen LogP contribution < -0.4 is 10.1 Å². The van der Waals surface area contributed by atoms with Gasteiger partial charge in [0, 0.05) is 25.1 Å². The Balaban J connectivity index is 1.60. The molecular weight excluding hydrogens is 304 g/mol. The Bertz CT molecular complexity index is 535. The number of benzene rings is 1. The van der Waals surface area contributed by atoms with Crippen LogP contribution in [-0.2, 0) is 4.79 Å². The molecular formula is C19H30N2O3. The molecule has 1 amide bonds. The smallest absolute Gasteiger partial charge is 0.234 e. The fraction of sp³-hybridized carbons (Fsp3) is 0.632. The summed E-state index contributed by atoms with van der Waals surface area (Å²) >= 11 is 0. The van der Waals surface area contributed by atoms with Gasteiger partial charge in [-0.15, -0.1) is 0 Å². The number of aliphatic hydroxyl groups is 1. The molecule has 24 heavy (non-hydrogen) atoms. The Morgan fingerprint density at radius 2 is 2.29 bits per heavy atom. The van der Waals surface area contributed by atoms with Crippen LogP contribution in [0.25, 0.3) is 0 Å². The van der Waals surface area contributed by atoms with Crippen LogP contribution >= 0.6 is 0 Å². The van der Waals surface area contributed by atoms with Gasteiger partial charge in [-0.25, -0.2) is 0 Å². The molecule has 1 aromatic carbocycles. The van der Waals surface area contributed by atoms with Crippen molar-refractivity contribution in [2.45, 2.75) is 33.1 Å². The molecule has 1 aliphatic rings. The standard InChI is InChI=1S/C19H30N2O3/c1-16-6-3-7-17(12-16)24-11-5-9-20-18(23)13-21-10-4-8-19(2,14-21)15-22/h3,6-7,12,22H,4-5,8-11,13-15H2,1-2H3,(H,20,23). The van der Waals surface area contributed by atoms with Gasteiger partial charge in [0.15, 0.2) is 0 Å². The van der Waals surface area contributed by atoms with Crippen LogP contribution in [0.15, 0.2) is 24.3 Å². The van der Waals surface area contributed by atoms with E-state index in [0.717, 1.165) is 38.1 Å². The molecule has 1 aromatic rings. The van der Waals surface area contributed by atoms with Gasteiger partial charge in [-0.05, 0) is 50.4 Å². The first-order chi connectivity index (χ1) is 11.5. The predicted molar refractivity (Wildman–Crippen MR) is 95.2 cm³/mol. The first kappa shape index (κ1) is 18.7. The normalized spacial score (nSPS) is 21.5. The van der Waals surface area contributed by atoms with Crippen LogP contribution in [0.3, 0.4) is 0 Å². The van der Waals surface area contributed by atoms with Crippen molar-refractivity contribution in [3.63, 3.8) is 0 Å². The van der Waals surface area contributed by atoms with E-state index < -0.39 is 0 Å². The molecule has 1 fully saturated rings. The fourth-order valence-corrected chi connectivity index (χ4v) is 3.15. The molecule has 0 radical (unpaired) electrons. The average Bonchev–Trinajstić information content (AvgIpc) is 2.55. The second-order valence-corrected chi connectivity index (χ2v) is 7.15. The number of nitrogens with one attached hydrogen (secondary N) is 1. The Labute approximate surface area is 145 Å². The molecule has 2 rings (SSSR count). The first-order valence-corrected chi connectivity index (χ1v) is 8.80. The van der Waals surface area contributed by atoms with E-state index in [9.17, 15) is 9.90 Å². The van der Waals surface area contributed by atoms with Crippen LogP contribution in [0.2, 0.25) is 0 Å². The Kier molecular flexibility index (Phi) is 7.06. The van der Waals surface area contributed by atoms with Crippen molar-refractivity contribution < 1.29 is 14.6 Å². The third-order valence-corrected chi connectivity index (χ3v) is 4.51. The third-order valence-electron chi connectivity index (χ3n) is 4.51. The molecule has 0 spiro atoms. The van der Waals surface area contributed by atoms with Gasteiger partial charge in [0.05, 0.1) is 13.2 Å². The largest absolute Gasteiger partial charge is 0.494 e. The second kappa shape index (κ2) is 9.04. The lowest BCUT2D eigenvalue weighted by Crippen LogP contribution is -2.47. The molecule has 0 aliphatic carbocycles. The molecule has 1 atom stereocenters. The van der Waals surface area contributed by atoms with Gasteiger partial charge in [-0.3, -0.25) is 9.69 Å². The van der Waals surface area contributed by atoms with Crippen LogP contribution in [0.4, 0.5) is 0 Å². The maximum Gasteiger partial charge on any atom is 0.234 e. The summed E-state index contributed by atoms with van der Waals surface area (Å²) < 4.78 is 5.67. The summed E-state index contributed by atoms with van der Waals surface area (Å²) in [7, 11) is 0. The number of hydrogen-bond acceptors (Lipinski definition) is 4. The molecule has 0 aromatic heterocycles. The van der Waals surface area contributed by atoms with E-state index in [1.54, 1.807) is 0 Å². The highest BCUT2D eigenvalue weighted by Gasteiger charge is 2.30. The molecule has 5 nitrogen and oxygen atoms in total. The summed E-state index contributed by atoms with van der Waals surface area (Å²) in [6.45, 7) is 7.64. The van der Waals surface area contributed by atoms with E-state index >= 15 is 0 Å². The van der Waals surface area contributed by atoms with Gasteiger partial charge >= 0.3 is 0 Å². The van der Waals surface area contributed by atoms with E-state index in [0.29, 0.717) is 19.7 Å². The molecule has 2 N–H and O–H groups in total. The summed E-state index contributed by atoms with van der Waals surface area (Å²) in [5.41, 5.74) is 1.11. The number of carbonyl (C=O) groups is 1. The van der Waals surface area contributed by atoms with Crippen molar-refractivity contribution >= 4 is 5.91 Å².